The van der Waals surface area contributed by atoms with Crippen molar-refractivity contribution < 1.29 is 14.3 Å². The van der Waals surface area contributed by atoms with Crippen LogP contribution in [0.2, 0.25) is 0 Å². The summed E-state index contributed by atoms with van der Waals surface area (Å²) < 4.78 is 7.20. The highest BCUT2D eigenvalue weighted by Crippen LogP contribution is 2.31. The first kappa shape index (κ1) is 20.6. The molecule has 1 aliphatic heterocycles. The first-order valence-electron chi connectivity index (χ1n) is 8.42. The maximum absolute atomic E-state index is 12.4. The van der Waals surface area contributed by atoms with E-state index in [9.17, 15) is 9.59 Å². The molecule has 5 nitrogen and oxygen atoms in total. The van der Waals surface area contributed by atoms with Gasteiger partial charge < -0.3 is 15.0 Å². The van der Waals surface area contributed by atoms with Crippen molar-refractivity contribution in [3.05, 3.63) is 69.0 Å². The van der Waals surface area contributed by atoms with E-state index >= 15 is 0 Å². The minimum atomic E-state index is -0.214. The van der Waals surface area contributed by atoms with Crippen molar-refractivity contribution in [2.75, 3.05) is 20.2 Å². The van der Waals surface area contributed by atoms with Gasteiger partial charge in [0.25, 0.3) is 11.8 Å². The van der Waals surface area contributed by atoms with Gasteiger partial charge in [0.2, 0.25) is 0 Å². The number of carbonyl (C=O) groups is 2. The van der Waals surface area contributed by atoms with Gasteiger partial charge in [-0.05, 0) is 36.4 Å². The lowest BCUT2D eigenvalue weighted by Gasteiger charge is -2.18. The average molecular weight is 477 g/mol. The lowest BCUT2D eigenvalue weighted by Crippen LogP contribution is -2.30. The topological polar surface area (TPSA) is 58.6 Å². The third-order valence-electron chi connectivity index (χ3n) is 3.95. The van der Waals surface area contributed by atoms with E-state index in [-0.39, 0.29) is 11.8 Å². The van der Waals surface area contributed by atoms with Crippen LogP contribution in [0, 0.1) is 0 Å². The number of thiocarbonyl (C=S) groups is 1. The molecule has 2 aromatic carbocycles. The van der Waals surface area contributed by atoms with E-state index in [4.69, 9.17) is 17.0 Å². The summed E-state index contributed by atoms with van der Waals surface area (Å²) in [6, 6.07) is 14.7. The Kier molecular flexibility index (Phi) is 6.88. The van der Waals surface area contributed by atoms with Crippen molar-refractivity contribution >= 4 is 62.1 Å². The van der Waals surface area contributed by atoms with E-state index in [1.807, 2.05) is 36.4 Å². The molecule has 28 heavy (non-hydrogen) atoms. The summed E-state index contributed by atoms with van der Waals surface area (Å²) >= 11 is 9.68. The molecule has 0 aromatic heterocycles. The van der Waals surface area contributed by atoms with Crippen LogP contribution in [0.4, 0.5) is 0 Å². The number of likely N-dealkylation sites (N-methyl/N-ethyl adjacent to an activating group) is 1. The number of rotatable bonds is 6. The summed E-state index contributed by atoms with van der Waals surface area (Å²) in [6.07, 6.45) is 1.75. The second kappa shape index (κ2) is 9.36. The quantitative estimate of drug-likeness (QED) is 0.502. The normalized spacial score (nSPS) is 14.9. The predicted molar refractivity (Wildman–Crippen MR) is 119 cm³/mol. The molecule has 0 unspecified atom stereocenters. The third-order valence-corrected chi connectivity index (χ3v) is 5.61. The lowest BCUT2D eigenvalue weighted by atomic mass is 10.2. The Morgan fingerprint density at radius 2 is 2.04 bits per heavy atom. The van der Waals surface area contributed by atoms with Gasteiger partial charge in [-0.2, -0.15) is 0 Å². The van der Waals surface area contributed by atoms with Crippen LogP contribution < -0.4 is 10.1 Å². The molecule has 1 aliphatic rings. The fourth-order valence-electron chi connectivity index (χ4n) is 2.52. The first-order chi connectivity index (χ1) is 13.4. The molecule has 1 heterocycles. The van der Waals surface area contributed by atoms with Crippen molar-refractivity contribution in [1.29, 1.82) is 0 Å². The van der Waals surface area contributed by atoms with Gasteiger partial charge in [-0.3, -0.25) is 9.59 Å². The van der Waals surface area contributed by atoms with Crippen LogP contribution in [-0.2, 0) is 4.79 Å². The molecule has 0 bridgehead atoms. The second-order valence-electron chi connectivity index (χ2n) is 5.98. The molecule has 3 rings (SSSR count). The molecule has 0 saturated carbocycles. The molecular weight excluding hydrogens is 460 g/mol. The number of halogens is 1. The first-order valence-corrected chi connectivity index (χ1v) is 10.4. The van der Waals surface area contributed by atoms with Crippen molar-refractivity contribution in [3.63, 3.8) is 0 Å². The summed E-state index contributed by atoms with van der Waals surface area (Å²) in [6.45, 7) is 0.754. The Bertz CT molecular complexity index is 948. The Balaban J connectivity index is 1.66. The van der Waals surface area contributed by atoms with Gasteiger partial charge in [0, 0.05) is 22.6 Å². The minimum absolute atomic E-state index is 0.0603. The zero-order chi connectivity index (χ0) is 20.1. The van der Waals surface area contributed by atoms with E-state index < -0.39 is 0 Å². The van der Waals surface area contributed by atoms with Crippen LogP contribution in [0.3, 0.4) is 0 Å². The Hall–Kier alpha value is -2.16. The molecule has 2 amide bonds. The molecule has 1 fully saturated rings. The highest BCUT2D eigenvalue weighted by Gasteiger charge is 2.22. The van der Waals surface area contributed by atoms with Crippen molar-refractivity contribution in [2.45, 2.75) is 0 Å². The number of thioether (sulfide) groups is 1. The number of nitrogens with one attached hydrogen (secondary N) is 1. The summed E-state index contributed by atoms with van der Waals surface area (Å²) in [7, 11) is 1.74. The lowest BCUT2D eigenvalue weighted by molar-refractivity contribution is -0.115. The smallest absolute Gasteiger partial charge is 0.263 e. The van der Waals surface area contributed by atoms with Gasteiger partial charge in [0.05, 0.1) is 11.4 Å². The predicted octanol–water partition coefficient (Wildman–Crippen LogP) is 4.09. The molecule has 0 spiro atoms. The number of hydrogen-bond acceptors (Lipinski definition) is 5. The maximum Gasteiger partial charge on any atom is 0.263 e. The average Bonchev–Trinajstić information content (AvgIpc) is 3.00. The van der Waals surface area contributed by atoms with Crippen LogP contribution in [0.15, 0.2) is 57.9 Å². The maximum atomic E-state index is 12.4. The number of hydrogen-bond donors (Lipinski definition) is 1. The van der Waals surface area contributed by atoms with Crippen LogP contribution in [0.25, 0.3) is 6.08 Å². The monoisotopic (exact) mass is 476 g/mol. The van der Waals surface area contributed by atoms with Crippen LogP contribution in [0.5, 0.6) is 5.75 Å². The van der Waals surface area contributed by atoms with Gasteiger partial charge in [-0.25, -0.2) is 0 Å². The molecule has 8 heteroatoms. The minimum Gasteiger partial charge on any atom is -0.491 e. The van der Waals surface area contributed by atoms with E-state index in [1.54, 1.807) is 30.2 Å². The zero-order valence-corrected chi connectivity index (χ0v) is 18.2. The molecule has 1 N–H and O–H groups in total. The SMILES string of the molecule is CN(CCOc1ccc(Br)cc1C=C1SC(=S)NC1=O)C(=O)c1ccccc1. The molecule has 0 aliphatic carbocycles. The van der Waals surface area contributed by atoms with Crippen LogP contribution in [-0.4, -0.2) is 41.2 Å². The van der Waals surface area contributed by atoms with Crippen molar-refractivity contribution in [1.82, 2.24) is 10.2 Å². The molecule has 1 saturated heterocycles. The Labute approximate surface area is 181 Å². The van der Waals surface area contributed by atoms with Gasteiger partial charge in [-0.1, -0.05) is 58.1 Å². The summed E-state index contributed by atoms with van der Waals surface area (Å²) in [4.78, 5) is 26.4. The van der Waals surface area contributed by atoms with Gasteiger partial charge in [0.15, 0.2) is 0 Å². The van der Waals surface area contributed by atoms with Gasteiger partial charge in [-0.15, -0.1) is 0 Å². The molecule has 144 valence electrons. The van der Waals surface area contributed by atoms with Crippen molar-refractivity contribution in [2.24, 2.45) is 0 Å². The largest absolute Gasteiger partial charge is 0.491 e. The molecule has 2 aromatic rings. The zero-order valence-electron chi connectivity index (χ0n) is 15.0. The molecule has 0 atom stereocenters. The summed E-state index contributed by atoms with van der Waals surface area (Å²) in [5.74, 6) is 0.353. The Morgan fingerprint density at radius 1 is 1.29 bits per heavy atom. The summed E-state index contributed by atoms with van der Waals surface area (Å²) in [5, 5.41) is 2.60. The molecular formula is C20H17BrN2O3S2. The number of amides is 2. The fourth-order valence-corrected chi connectivity index (χ4v) is 3.93. The highest BCUT2D eigenvalue weighted by molar-refractivity contribution is 9.10. The number of ether oxygens (including phenoxy) is 1. The van der Waals surface area contributed by atoms with Crippen LogP contribution >= 0.6 is 39.9 Å². The van der Waals surface area contributed by atoms with E-state index in [1.165, 1.54) is 11.8 Å². The van der Waals surface area contributed by atoms with Crippen LogP contribution in [0.1, 0.15) is 15.9 Å². The summed E-state index contributed by atoms with van der Waals surface area (Å²) in [5.41, 5.74) is 1.40. The second-order valence-corrected chi connectivity index (χ2v) is 8.61. The highest BCUT2D eigenvalue weighted by atomic mass is 79.9. The standard InChI is InChI=1S/C20H17BrN2O3S2/c1-23(19(25)13-5-3-2-4-6-13)9-10-26-16-8-7-15(21)11-14(16)12-17-18(24)22-20(27)28-17/h2-8,11-12H,9-10H2,1H3,(H,22,24,27). The van der Waals surface area contributed by atoms with E-state index in [0.717, 1.165) is 10.0 Å². The van der Waals surface area contributed by atoms with Gasteiger partial charge >= 0.3 is 0 Å². The third kappa shape index (κ3) is 5.21. The van der Waals surface area contributed by atoms with E-state index in [2.05, 4.69) is 21.2 Å². The van der Waals surface area contributed by atoms with E-state index in [0.29, 0.717) is 33.7 Å². The Morgan fingerprint density at radius 3 is 2.71 bits per heavy atom. The molecule has 0 radical (unpaired) electrons. The number of nitrogens with zero attached hydrogens (tertiary/aromatic N) is 1. The van der Waals surface area contributed by atoms with Gasteiger partial charge in [0.1, 0.15) is 16.7 Å². The number of benzene rings is 2. The fraction of sp³-hybridized carbons (Fsp3) is 0.150. The van der Waals surface area contributed by atoms with Crippen molar-refractivity contribution in [3.8, 4) is 5.75 Å². The number of carbonyl (C=O) groups excluding carboxylic acids is 2.